The average molecular weight is 409 g/mol. The fourth-order valence-electron chi connectivity index (χ4n) is 4.03. The van der Waals surface area contributed by atoms with Gasteiger partial charge in [-0.25, -0.2) is 0 Å². The molecule has 0 radical (unpaired) electrons. The lowest BCUT2D eigenvalue weighted by Gasteiger charge is -2.24. The van der Waals surface area contributed by atoms with Crippen molar-refractivity contribution in [2.75, 3.05) is 11.9 Å². The van der Waals surface area contributed by atoms with Crippen molar-refractivity contribution < 1.29 is 9.59 Å². The van der Waals surface area contributed by atoms with Gasteiger partial charge in [-0.1, -0.05) is 42.5 Å². The summed E-state index contributed by atoms with van der Waals surface area (Å²) in [6.07, 6.45) is 1.39. The number of carbonyl (C=O) groups is 2. The molecule has 2 amide bonds. The van der Waals surface area contributed by atoms with Crippen molar-refractivity contribution in [3.63, 3.8) is 0 Å². The molecule has 154 valence electrons. The van der Waals surface area contributed by atoms with Crippen molar-refractivity contribution in [3.05, 3.63) is 89.5 Å². The molecule has 3 aromatic rings. The monoisotopic (exact) mass is 409 g/mol. The lowest BCUT2D eigenvalue weighted by atomic mass is 10.0. The number of likely N-dealkylation sites (tertiary alicyclic amines) is 1. The summed E-state index contributed by atoms with van der Waals surface area (Å²) in [5.41, 5.74) is 5.01. The summed E-state index contributed by atoms with van der Waals surface area (Å²) in [6.45, 7) is 2.60. The summed E-state index contributed by atoms with van der Waals surface area (Å²) in [4.78, 5) is 27.5. The van der Waals surface area contributed by atoms with Crippen LogP contribution in [-0.2, 0) is 4.79 Å². The molecule has 1 aliphatic rings. The van der Waals surface area contributed by atoms with E-state index in [1.54, 1.807) is 29.2 Å². The highest BCUT2D eigenvalue weighted by molar-refractivity contribution is 6.01. The van der Waals surface area contributed by atoms with E-state index in [-0.39, 0.29) is 11.8 Å². The molecule has 1 heterocycles. The van der Waals surface area contributed by atoms with Gasteiger partial charge in [0.05, 0.1) is 11.6 Å². The van der Waals surface area contributed by atoms with E-state index in [4.69, 9.17) is 5.26 Å². The van der Waals surface area contributed by atoms with Crippen molar-refractivity contribution in [1.82, 2.24) is 4.90 Å². The Morgan fingerprint density at radius 3 is 2.55 bits per heavy atom. The zero-order chi connectivity index (χ0) is 21.8. The Morgan fingerprint density at radius 2 is 1.81 bits per heavy atom. The van der Waals surface area contributed by atoms with Crippen LogP contribution in [0, 0.1) is 18.3 Å². The summed E-state index contributed by atoms with van der Waals surface area (Å²) in [5, 5.41) is 12.0. The summed E-state index contributed by atoms with van der Waals surface area (Å²) < 4.78 is 0. The first-order valence-electron chi connectivity index (χ1n) is 10.3. The molecule has 1 fully saturated rings. The Morgan fingerprint density at radius 1 is 1.03 bits per heavy atom. The molecular weight excluding hydrogens is 386 g/mol. The predicted molar refractivity (Wildman–Crippen MR) is 120 cm³/mol. The molecule has 1 unspecified atom stereocenters. The maximum absolute atomic E-state index is 13.0. The van der Waals surface area contributed by atoms with E-state index >= 15 is 0 Å². The fraction of sp³-hybridized carbons (Fsp3) is 0.192. The number of hydrogen-bond acceptors (Lipinski definition) is 3. The summed E-state index contributed by atoms with van der Waals surface area (Å²) >= 11 is 0. The summed E-state index contributed by atoms with van der Waals surface area (Å²) in [7, 11) is 0. The highest BCUT2D eigenvalue weighted by atomic mass is 16.2. The van der Waals surface area contributed by atoms with Gasteiger partial charge in [0.15, 0.2) is 0 Å². The number of nitriles is 1. The third-order valence-corrected chi connectivity index (χ3v) is 5.66. The fourth-order valence-corrected chi connectivity index (χ4v) is 4.03. The highest BCUT2D eigenvalue weighted by Crippen LogP contribution is 2.26. The molecule has 0 saturated carbocycles. The number of amides is 2. The van der Waals surface area contributed by atoms with Crippen LogP contribution in [0.1, 0.15) is 34.3 Å². The highest BCUT2D eigenvalue weighted by Gasteiger charge is 2.34. The van der Waals surface area contributed by atoms with Gasteiger partial charge in [-0.3, -0.25) is 9.59 Å². The Labute approximate surface area is 181 Å². The molecule has 0 aromatic heterocycles. The van der Waals surface area contributed by atoms with Gasteiger partial charge in [-0.2, -0.15) is 5.26 Å². The standard InChI is InChI=1S/C26H23N3O2/c1-18-6-2-3-9-23(18)20-11-13-22(14-12-20)28-25(30)24-10-5-15-29(24)26(31)21-8-4-7-19(16-21)17-27/h2-4,6-9,11-14,16,24H,5,10,15H2,1H3,(H,28,30). The Bertz CT molecular complexity index is 1160. The normalized spacial score (nSPS) is 15.4. The van der Waals surface area contributed by atoms with Gasteiger partial charge in [0.2, 0.25) is 5.91 Å². The molecular formula is C26H23N3O2. The van der Waals surface area contributed by atoms with Crippen molar-refractivity contribution in [2.45, 2.75) is 25.8 Å². The van der Waals surface area contributed by atoms with Crippen LogP contribution in [-0.4, -0.2) is 29.3 Å². The molecule has 1 N–H and O–H groups in total. The van der Waals surface area contributed by atoms with Gasteiger partial charge in [0.25, 0.3) is 5.91 Å². The van der Waals surface area contributed by atoms with Crippen LogP contribution in [0.2, 0.25) is 0 Å². The van der Waals surface area contributed by atoms with E-state index in [1.165, 1.54) is 5.56 Å². The van der Waals surface area contributed by atoms with E-state index in [2.05, 4.69) is 24.4 Å². The van der Waals surface area contributed by atoms with Crippen LogP contribution >= 0.6 is 0 Å². The van der Waals surface area contributed by atoms with Crippen LogP contribution in [0.25, 0.3) is 11.1 Å². The molecule has 0 spiro atoms. The van der Waals surface area contributed by atoms with Gasteiger partial charge < -0.3 is 10.2 Å². The lowest BCUT2D eigenvalue weighted by molar-refractivity contribution is -0.119. The minimum absolute atomic E-state index is 0.189. The zero-order valence-electron chi connectivity index (χ0n) is 17.3. The first kappa shape index (κ1) is 20.4. The quantitative estimate of drug-likeness (QED) is 0.674. The second-order valence-corrected chi connectivity index (χ2v) is 7.73. The summed E-state index contributed by atoms with van der Waals surface area (Å²) in [6, 6.07) is 24.0. The minimum atomic E-state index is -0.519. The van der Waals surface area contributed by atoms with Crippen molar-refractivity contribution in [1.29, 1.82) is 5.26 Å². The van der Waals surface area contributed by atoms with E-state index in [0.29, 0.717) is 29.8 Å². The molecule has 5 heteroatoms. The second kappa shape index (κ2) is 8.85. The minimum Gasteiger partial charge on any atom is -0.327 e. The van der Waals surface area contributed by atoms with Gasteiger partial charge >= 0.3 is 0 Å². The van der Waals surface area contributed by atoms with E-state index in [0.717, 1.165) is 17.5 Å². The molecule has 4 rings (SSSR count). The smallest absolute Gasteiger partial charge is 0.254 e. The van der Waals surface area contributed by atoms with E-state index in [1.807, 2.05) is 42.5 Å². The topological polar surface area (TPSA) is 73.2 Å². The molecule has 3 aromatic carbocycles. The number of carbonyl (C=O) groups excluding carboxylic acids is 2. The molecule has 1 atom stereocenters. The maximum atomic E-state index is 13.0. The first-order valence-corrected chi connectivity index (χ1v) is 10.3. The Kier molecular flexibility index (Phi) is 5.81. The molecule has 0 aliphatic carbocycles. The zero-order valence-corrected chi connectivity index (χ0v) is 17.3. The van der Waals surface area contributed by atoms with Crippen LogP contribution in [0.5, 0.6) is 0 Å². The molecule has 5 nitrogen and oxygen atoms in total. The Hall–Kier alpha value is -3.91. The first-order chi connectivity index (χ1) is 15.1. The lowest BCUT2D eigenvalue weighted by Crippen LogP contribution is -2.43. The van der Waals surface area contributed by atoms with Crippen molar-refractivity contribution in [3.8, 4) is 17.2 Å². The molecule has 1 aliphatic heterocycles. The molecule has 31 heavy (non-hydrogen) atoms. The van der Waals surface area contributed by atoms with Crippen LogP contribution in [0.15, 0.2) is 72.8 Å². The van der Waals surface area contributed by atoms with Gasteiger partial charge in [0, 0.05) is 17.8 Å². The number of aryl methyl sites for hydroxylation is 1. The number of hydrogen-bond donors (Lipinski definition) is 1. The van der Waals surface area contributed by atoms with Gasteiger partial charge in [-0.05, 0) is 66.8 Å². The molecule has 1 saturated heterocycles. The predicted octanol–water partition coefficient (Wildman–Crippen LogP) is 4.78. The van der Waals surface area contributed by atoms with E-state index < -0.39 is 6.04 Å². The van der Waals surface area contributed by atoms with Gasteiger partial charge in [-0.15, -0.1) is 0 Å². The average Bonchev–Trinajstić information content (AvgIpc) is 3.30. The second-order valence-electron chi connectivity index (χ2n) is 7.73. The maximum Gasteiger partial charge on any atom is 0.254 e. The van der Waals surface area contributed by atoms with E-state index in [9.17, 15) is 9.59 Å². The third kappa shape index (κ3) is 4.34. The van der Waals surface area contributed by atoms with Crippen LogP contribution in [0.4, 0.5) is 5.69 Å². The number of nitrogens with one attached hydrogen (secondary N) is 1. The largest absolute Gasteiger partial charge is 0.327 e. The van der Waals surface area contributed by atoms with Crippen molar-refractivity contribution >= 4 is 17.5 Å². The number of nitrogens with zero attached hydrogens (tertiary/aromatic N) is 2. The van der Waals surface area contributed by atoms with Crippen LogP contribution in [0.3, 0.4) is 0 Å². The number of benzene rings is 3. The summed E-state index contributed by atoms with van der Waals surface area (Å²) in [5.74, 6) is -0.407. The molecule has 0 bridgehead atoms. The SMILES string of the molecule is Cc1ccccc1-c1ccc(NC(=O)C2CCCN2C(=O)c2cccc(C#N)c2)cc1. The van der Waals surface area contributed by atoms with Gasteiger partial charge in [0.1, 0.15) is 6.04 Å². The van der Waals surface area contributed by atoms with Crippen LogP contribution < -0.4 is 5.32 Å². The number of rotatable bonds is 4. The number of anilines is 1. The third-order valence-electron chi connectivity index (χ3n) is 5.66. The van der Waals surface area contributed by atoms with Crippen molar-refractivity contribution in [2.24, 2.45) is 0 Å². The Balaban J connectivity index is 1.47.